The number of nitrogens with one attached hydrogen (secondary N) is 1. The van der Waals surface area contributed by atoms with Crippen LogP contribution in [0.4, 0.5) is 24.8 Å². The molecule has 1 amide bonds. The first-order valence-corrected chi connectivity index (χ1v) is 7.66. The summed E-state index contributed by atoms with van der Waals surface area (Å²) in [5.74, 6) is -4.43. The van der Waals surface area contributed by atoms with Gasteiger partial charge in [-0.15, -0.1) is 0 Å². The van der Waals surface area contributed by atoms with Crippen molar-refractivity contribution in [3.8, 4) is 0 Å². The van der Waals surface area contributed by atoms with Crippen molar-refractivity contribution in [1.29, 1.82) is 0 Å². The summed E-state index contributed by atoms with van der Waals surface area (Å²) in [7, 11) is 1.99. The lowest BCUT2D eigenvalue weighted by Crippen LogP contribution is -2.47. The van der Waals surface area contributed by atoms with Gasteiger partial charge in [-0.3, -0.25) is 4.79 Å². The van der Waals surface area contributed by atoms with E-state index in [1.165, 1.54) is 12.4 Å². The fourth-order valence-corrected chi connectivity index (χ4v) is 2.44. The van der Waals surface area contributed by atoms with Crippen molar-refractivity contribution >= 4 is 17.5 Å². The molecule has 2 aromatic rings. The lowest BCUT2D eigenvalue weighted by atomic mass is 10.2. The molecule has 0 bridgehead atoms. The lowest BCUT2D eigenvalue weighted by Gasteiger charge is -2.32. The number of halogens is 3. The van der Waals surface area contributed by atoms with E-state index in [0.717, 1.165) is 25.2 Å². The van der Waals surface area contributed by atoms with Crippen molar-refractivity contribution < 1.29 is 18.0 Å². The number of nitrogens with zero attached hydrogens (tertiary/aromatic N) is 4. The number of likely N-dealkylation sites (N-methyl/N-ethyl adjacent to an activating group) is 1. The number of benzene rings is 1. The van der Waals surface area contributed by atoms with E-state index in [9.17, 15) is 18.0 Å². The highest BCUT2D eigenvalue weighted by molar-refractivity contribution is 5.93. The van der Waals surface area contributed by atoms with E-state index in [1.54, 1.807) is 4.90 Å². The Morgan fingerprint density at radius 3 is 2.32 bits per heavy atom. The Morgan fingerprint density at radius 2 is 1.68 bits per heavy atom. The largest absolute Gasteiger partial charge is 0.336 e. The van der Waals surface area contributed by atoms with Gasteiger partial charge in [-0.25, -0.2) is 23.1 Å². The molecule has 0 unspecified atom stereocenters. The minimum absolute atomic E-state index is 0.0279. The molecule has 1 aromatic heterocycles. The Bertz CT molecular complexity index is 776. The van der Waals surface area contributed by atoms with Crippen LogP contribution in [0.25, 0.3) is 0 Å². The van der Waals surface area contributed by atoms with Crippen molar-refractivity contribution in [2.45, 2.75) is 0 Å². The normalized spacial score (nSPS) is 15.3. The molecule has 1 aromatic carbocycles. The fourth-order valence-electron chi connectivity index (χ4n) is 2.44. The fraction of sp³-hybridized carbons (Fsp3) is 0.312. The standard InChI is InChI=1S/C16H16F3N5O/c1-23-4-6-24(7-5-23)15(25)10-8-20-16(21-9-10)22-12-3-2-11(17)13(18)14(12)19/h2-3,8-9H,4-7H2,1H3,(H,20,21,22). The van der Waals surface area contributed by atoms with Crippen LogP contribution in [0.1, 0.15) is 10.4 Å². The molecule has 0 radical (unpaired) electrons. The first-order chi connectivity index (χ1) is 12.0. The number of carbonyl (C=O) groups excluding carboxylic acids is 1. The van der Waals surface area contributed by atoms with Gasteiger partial charge in [0, 0.05) is 38.6 Å². The number of piperazine rings is 1. The molecule has 1 aliphatic heterocycles. The molecule has 3 rings (SSSR count). The zero-order chi connectivity index (χ0) is 18.0. The maximum Gasteiger partial charge on any atom is 0.257 e. The van der Waals surface area contributed by atoms with Gasteiger partial charge in [-0.2, -0.15) is 0 Å². The molecule has 1 saturated heterocycles. The minimum Gasteiger partial charge on any atom is -0.336 e. The van der Waals surface area contributed by atoms with Gasteiger partial charge in [0.2, 0.25) is 5.95 Å². The molecule has 1 aliphatic rings. The highest BCUT2D eigenvalue weighted by atomic mass is 19.2. The molecule has 25 heavy (non-hydrogen) atoms. The van der Waals surface area contributed by atoms with Crippen LogP contribution in [0.3, 0.4) is 0 Å². The van der Waals surface area contributed by atoms with Gasteiger partial charge in [-0.05, 0) is 19.2 Å². The molecule has 132 valence electrons. The molecule has 1 N–H and O–H groups in total. The quantitative estimate of drug-likeness (QED) is 0.858. The van der Waals surface area contributed by atoms with E-state index in [0.29, 0.717) is 18.7 Å². The lowest BCUT2D eigenvalue weighted by molar-refractivity contribution is 0.0663. The van der Waals surface area contributed by atoms with Gasteiger partial charge in [-0.1, -0.05) is 0 Å². The van der Waals surface area contributed by atoms with Crippen LogP contribution >= 0.6 is 0 Å². The Morgan fingerprint density at radius 1 is 1.04 bits per heavy atom. The summed E-state index contributed by atoms with van der Waals surface area (Å²) in [6, 6.07) is 1.84. The summed E-state index contributed by atoms with van der Waals surface area (Å²) in [6.07, 6.45) is 2.63. The van der Waals surface area contributed by atoms with Crippen LogP contribution in [0, 0.1) is 17.5 Å². The molecule has 0 atom stereocenters. The summed E-state index contributed by atoms with van der Waals surface area (Å²) >= 11 is 0. The average Bonchev–Trinajstić information content (AvgIpc) is 2.63. The second-order valence-electron chi connectivity index (χ2n) is 5.74. The highest BCUT2D eigenvalue weighted by Gasteiger charge is 2.21. The molecule has 2 heterocycles. The number of hydrogen-bond donors (Lipinski definition) is 1. The summed E-state index contributed by atoms with van der Waals surface area (Å²) in [5, 5.41) is 2.46. The van der Waals surface area contributed by atoms with Crippen LogP contribution in [0.5, 0.6) is 0 Å². The number of hydrogen-bond acceptors (Lipinski definition) is 5. The van der Waals surface area contributed by atoms with Crippen molar-refractivity contribution in [2.75, 3.05) is 38.5 Å². The summed E-state index contributed by atoms with van der Waals surface area (Å²) in [5.41, 5.74) is 0.0119. The molecular formula is C16H16F3N5O. The van der Waals surface area contributed by atoms with Gasteiger partial charge in [0.25, 0.3) is 5.91 Å². The number of carbonyl (C=O) groups is 1. The SMILES string of the molecule is CN1CCN(C(=O)c2cnc(Nc3ccc(F)c(F)c3F)nc2)CC1. The average molecular weight is 351 g/mol. The van der Waals surface area contributed by atoms with Crippen molar-refractivity contribution in [2.24, 2.45) is 0 Å². The smallest absolute Gasteiger partial charge is 0.257 e. The maximum atomic E-state index is 13.6. The number of rotatable bonds is 3. The van der Waals surface area contributed by atoms with Crippen LogP contribution in [0.15, 0.2) is 24.5 Å². The summed E-state index contributed by atoms with van der Waals surface area (Å²) in [6.45, 7) is 2.83. The molecule has 0 aliphatic carbocycles. The molecular weight excluding hydrogens is 335 g/mol. The number of amides is 1. The third-order valence-electron chi connectivity index (χ3n) is 3.97. The Kier molecular flexibility index (Phi) is 4.84. The second kappa shape index (κ2) is 7.06. The first-order valence-electron chi connectivity index (χ1n) is 7.66. The predicted molar refractivity (Wildman–Crippen MR) is 85.0 cm³/mol. The molecule has 1 fully saturated rings. The molecule has 0 saturated carbocycles. The van der Waals surface area contributed by atoms with E-state index in [-0.39, 0.29) is 17.5 Å². The Labute approximate surface area is 142 Å². The second-order valence-corrected chi connectivity index (χ2v) is 5.74. The van der Waals surface area contributed by atoms with E-state index in [4.69, 9.17) is 0 Å². The monoisotopic (exact) mass is 351 g/mol. The third-order valence-corrected chi connectivity index (χ3v) is 3.97. The van der Waals surface area contributed by atoms with E-state index in [2.05, 4.69) is 20.2 Å². The summed E-state index contributed by atoms with van der Waals surface area (Å²) < 4.78 is 39.8. The molecule has 9 heteroatoms. The number of anilines is 2. The van der Waals surface area contributed by atoms with Crippen molar-refractivity contribution in [3.05, 3.63) is 47.5 Å². The van der Waals surface area contributed by atoms with E-state index < -0.39 is 17.5 Å². The van der Waals surface area contributed by atoms with Gasteiger partial charge in [0.05, 0.1) is 11.3 Å². The topological polar surface area (TPSA) is 61.4 Å². The first kappa shape index (κ1) is 17.2. The van der Waals surface area contributed by atoms with Crippen molar-refractivity contribution in [3.63, 3.8) is 0 Å². The molecule has 6 nitrogen and oxygen atoms in total. The zero-order valence-corrected chi connectivity index (χ0v) is 13.5. The maximum absolute atomic E-state index is 13.6. The van der Waals surface area contributed by atoms with E-state index >= 15 is 0 Å². The van der Waals surface area contributed by atoms with Crippen LogP contribution in [0.2, 0.25) is 0 Å². The highest BCUT2D eigenvalue weighted by Crippen LogP contribution is 2.22. The zero-order valence-electron chi connectivity index (χ0n) is 13.5. The summed E-state index contributed by atoms with van der Waals surface area (Å²) in [4.78, 5) is 24.1. The van der Waals surface area contributed by atoms with Crippen LogP contribution in [-0.2, 0) is 0 Å². The predicted octanol–water partition coefficient (Wildman–Crippen LogP) is 2.03. The Balaban J connectivity index is 1.70. The third kappa shape index (κ3) is 3.71. The number of aromatic nitrogens is 2. The van der Waals surface area contributed by atoms with Gasteiger partial charge in [0.15, 0.2) is 17.5 Å². The Hall–Kier alpha value is -2.68. The van der Waals surface area contributed by atoms with Gasteiger partial charge >= 0.3 is 0 Å². The van der Waals surface area contributed by atoms with Crippen molar-refractivity contribution in [1.82, 2.24) is 19.8 Å². The van der Waals surface area contributed by atoms with E-state index in [1.807, 2.05) is 7.05 Å². The molecule has 0 spiro atoms. The van der Waals surface area contributed by atoms with Gasteiger partial charge in [0.1, 0.15) is 0 Å². The van der Waals surface area contributed by atoms with Gasteiger partial charge < -0.3 is 15.1 Å². The van der Waals surface area contributed by atoms with Crippen LogP contribution < -0.4 is 5.32 Å². The van der Waals surface area contributed by atoms with Crippen LogP contribution in [-0.4, -0.2) is 58.9 Å². The minimum atomic E-state index is -1.58.